The Morgan fingerprint density at radius 3 is 3.18 bits per heavy atom. The number of piperidine rings is 1. The second-order valence-electron chi connectivity index (χ2n) is 4.93. The minimum Gasteiger partial charge on any atom is -0.348 e. The first-order valence-corrected chi connectivity index (χ1v) is 7.55. The molecular weight excluding hydrogens is 230 g/mol. The first kappa shape index (κ1) is 12.8. The van der Waals surface area contributed by atoms with Gasteiger partial charge in [-0.2, -0.15) is 0 Å². The largest absolute Gasteiger partial charge is 0.348 e. The summed E-state index contributed by atoms with van der Waals surface area (Å²) >= 11 is 1.78. The van der Waals surface area contributed by atoms with Gasteiger partial charge >= 0.3 is 0 Å². The van der Waals surface area contributed by atoms with E-state index in [4.69, 9.17) is 0 Å². The predicted octanol–water partition coefficient (Wildman–Crippen LogP) is 2.67. The van der Waals surface area contributed by atoms with Gasteiger partial charge in [0.2, 0.25) is 0 Å². The van der Waals surface area contributed by atoms with Crippen molar-refractivity contribution in [1.29, 1.82) is 0 Å². The molecule has 1 atom stereocenters. The molecule has 1 aliphatic heterocycles. The van der Waals surface area contributed by atoms with Gasteiger partial charge in [0.15, 0.2) is 5.13 Å². The third kappa shape index (κ3) is 3.68. The minimum absolute atomic E-state index is 0.791. The Kier molecular flexibility index (Phi) is 4.80. The molecule has 4 heteroatoms. The number of nitrogens with zero attached hydrogens (tertiary/aromatic N) is 2. The second-order valence-corrected chi connectivity index (χ2v) is 5.77. The van der Waals surface area contributed by atoms with Gasteiger partial charge in [0, 0.05) is 18.5 Å². The Hall–Kier alpha value is -0.610. The molecule has 1 unspecified atom stereocenters. The minimum atomic E-state index is 0.791. The third-order valence-electron chi connectivity index (χ3n) is 3.26. The summed E-state index contributed by atoms with van der Waals surface area (Å²) in [7, 11) is 0. The quantitative estimate of drug-likeness (QED) is 0.818. The molecule has 1 saturated heterocycles. The maximum atomic E-state index is 4.59. The SMILES string of the molecule is CCCNCC1CCCN(c2nc(C)cs2)C1. The van der Waals surface area contributed by atoms with Crippen molar-refractivity contribution < 1.29 is 0 Å². The van der Waals surface area contributed by atoms with E-state index in [0.29, 0.717) is 0 Å². The second kappa shape index (κ2) is 6.36. The third-order valence-corrected chi connectivity index (χ3v) is 4.28. The molecule has 2 heterocycles. The molecule has 1 fully saturated rings. The van der Waals surface area contributed by atoms with Gasteiger partial charge in [-0.15, -0.1) is 11.3 Å². The van der Waals surface area contributed by atoms with Gasteiger partial charge in [-0.3, -0.25) is 0 Å². The van der Waals surface area contributed by atoms with Crippen LogP contribution in [0.3, 0.4) is 0 Å². The van der Waals surface area contributed by atoms with Gasteiger partial charge in [0.05, 0.1) is 5.69 Å². The highest BCUT2D eigenvalue weighted by Gasteiger charge is 2.21. The van der Waals surface area contributed by atoms with Crippen LogP contribution in [0.5, 0.6) is 0 Å². The van der Waals surface area contributed by atoms with E-state index in [1.165, 1.54) is 37.5 Å². The average molecular weight is 253 g/mol. The molecule has 17 heavy (non-hydrogen) atoms. The molecule has 3 nitrogen and oxygen atoms in total. The number of nitrogens with one attached hydrogen (secondary N) is 1. The zero-order chi connectivity index (χ0) is 12.1. The summed E-state index contributed by atoms with van der Waals surface area (Å²) in [5, 5.41) is 6.90. The molecular formula is C13H23N3S. The number of hydrogen-bond donors (Lipinski definition) is 1. The van der Waals surface area contributed by atoms with Gasteiger partial charge < -0.3 is 10.2 Å². The zero-order valence-electron chi connectivity index (χ0n) is 10.9. The molecule has 0 spiro atoms. The number of aromatic nitrogens is 1. The summed E-state index contributed by atoms with van der Waals surface area (Å²) in [5.74, 6) is 0.791. The lowest BCUT2D eigenvalue weighted by Gasteiger charge is -2.32. The van der Waals surface area contributed by atoms with Crippen molar-refractivity contribution in [3.8, 4) is 0 Å². The standard InChI is InChI=1S/C13H23N3S/c1-3-6-14-8-12-5-4-7-16(9-12)13-15-11(2)10-17-13/h10,12,14H,3-9H2,1-2H3. The average Bonchev–Trinajstić information content (AvgIpc) is 2.77. The number of aryl methyl sites for hydroxylation is 1. The van der Waals surface area contributed by atoms with Crippen LogP contribution in [0.15, 0.2) is 5.38 Å². The maximum Gasteiger partial charge on any atom is 0.185 e. The highest BCUT2D eigenvalue weighted by molar-refractivity contribution is 7.13. The van der Waals surface area contributed by atoms with E-state index in [2.05, 4.69) is 34.4 Å². The van der Waals surface area contributed by atoms with E-state index in [1.807, 2.05) is 0 Å². The van der Waals surface area contributed by atoms with Gasteiger partial charge in [-0.05, 0) is 45.2 Å². The molecule has 96 valence electrons. The van der Waals surface area contributed by atoms with Crippen LogP contribution in [0, 0.1) is 12.8 Å². The first-order valence-electron chi connectivity index (χ1n) is 6.67. The van der Waals surface area contributed by atoms with E-state index in [9.17, 15) is 0 Å². The van der Waals surface area contributed by atoms with Crippen LogP contribution in [0.2, 0.25) is 0 Å². The molecule has 0 radical (unpaired) electrons. The summed E-state index contributed by atoms with van der Waals surface area (Å²) in [4.78, 5) is 7.05. The predicted molar refractivity (Wildman–Crippen MR) is 74.9 cm³/mol. The lowest BCUT2D eigenvalue weighted by molar-refractivity contribution is 0.392. The fraction of sp³-hybridized carbons (Fsp3) is 0.769. The summed E-state index contributed by atoms with van der Waals surface area (Å²) < 4.78 is 0. The van der Waals surface area contributed by atoms with E-state index < -0.39 is 0 Å². The van der Waals surface area contributed by atoms with Crippen molar-refractivity contribution in [3.05, 3.63) is 11.1 Å². The lowest BCUT2D eigenvalue weighted by atomic mass is 9.98. The normalized spacial score (nSPS) is 20.8. The van der Waals surface area contributed by atoms with E-state index in [-0.39, 0.29) is 0 Å². The molecule has 1 aromatic rings. The summed E-state index contributed by atoms with van der Waals surface area (Å²) in [5.41, 5.74) is 1.15. The number of rotatable bonds is 5. The van der Waals surface area contributed by atoms with E-state index >= 15 is 0 Å². The fourth-order valence-corrected chi connectivity index (χ4v) is 3.22. The van der Waals surface area contributed by atoms with E-state index in [1.54, 1.807) is 11.3 Å². The Bertz CT molecular complexity index is 337. The smallest absolute Gasteiger partial charge is 0.185 e. The van der Waals surface area contributed by atoms with Crippen LogP contribution in [-0.2, 0) is 0 Å². The first-order chi connectivity index (χ1) is 8.29. The van der Waals surface area contributed by atoms with Crippen molar-refractivity contribution in [3.63, 3.8) is 0 Å². The molecule has 0 aromatic carbocycles. The fourth-order valence-electron chi connectivity index (χ4n) is 2.38. The highest BCUT2D eigenvalue weighted by atomic mass is 32.1. The molecule has 0 amide bonds. The Morgan fingerprint density at radius 2 is 2.47 bits per heavy atom. The molecule has 0 bridgehead atoms. The van der Waals surface area contributed by atoms with E-state index in [0.717, 1.165) is 24.7 Å². The number of anilines is 1. The zero-order valence-corrected chi connectivity index (χ0v) is 11.7. The maximum absolute atomic E-state index is 4.59. The van der Waals surface area contributed by atoms with Crippen molar-refractivity contribution in [2.75, 3.05) is 31.1 Å². The Balaban J connectivity index is 1.84. The van der Waals surface area contributed by atoms with Crippen LogP contribution < -0.4 is 10.2 Å². The molecule has 2 rings (SSSR count). The molecule has 0 aliphatic carbocycles. The summed E-state index contributed by atoms with van der Waals surface area (Å²) in [6.07, 6.45) is 3.89. The van der Waals surface area contributed by atoms with Crippen LogP contribution in [0.4, 0.5) is 5.13 Å². The van der Waals surface area contributed by atoms with Gasteiger partial charge in [0.25, 0.3) is 0 Å². The Morgan fingerprint density at radius 1 is 1.59 bits per heavy atom. The molecule has 1 aromatic heterocycles. The summed E-state index contributed by atoms with van der Waals surface area (Å²) in [6.45, 7) is 8.95. The van der Waals surface area contributed by atoms with Gasteiger partial charge in [-0.1, -0.05) is 6.92 Å². The lowest BCUT2D eigenvalue weighted by Crippen LogP contribution is -2.39. The monoisotopic (exact) mass is 253 g/mol. The van der Waals surface area contributed by atoms with Gasteiger partial charge in [0.1, 0.15) is 0 Å². The molecule has 1 aliphatic rings. The topological polar surface area (TPSA) is 28.2 Å². The van der Waals surface area contributed by atoms with Crippen LogP contribution in [0.25, 0.3) is 0 Å². The number of hydrogen-bond acceptors (Lipinski definition) is 4. The molecule has 1 N–H and O–H groups in total. The van der Waals surface area contributed by atoms with Crippen LogP contribution >= 0.6 is 11.3 Å². The van der Waals surface area contributed by atoms with Crippen molar-refractivity contribution in [1.82, 2.24) is 10.3 Å². The Labute approximate surface area is 108 Å². The van der Waals surface area contributed by atoms with Gasteiger partial charge in [-0.25, -0.2) is 4.98 Å². The molecule has 0 saturated carbocycles. The van der Waals surface area contributed by atoms with Crippen molar-refractivity contribution in [2.45, 2.75) is 33.1 Å². The highest BCUT2D eigenvalue weighted by Crippen LogP contribution is 2.25. The van der Waals surface area contributed by atoms with Crippen molar-refractivity contribution >= 4 is 16.5 Å². The van der Waals surface area contributed by atoms with Crippen LogP contribution in [-0.4, -0.2) is 31.2 Å². The number of thiazole rings is 1. The van der Waals surface area contributed by atoms with Crippen LogP contribution in [0.1, 0.15) is 31.9 Å². The summed E-state index contributed by atoms with van der Waals surface area (Å²) in [6, 6.07) is 0. The van der Waals surface area contributed by atoms with Crippen molar-refractivity contribution in [2.24, 2.45) is 5.92 Å².